The van der Waals surface area contributed by atoms with Crippen LogP contribution in [0.25, 0.3) is 0 Å². The molecular formula is C12H16O2. The van der Waals surface area contributed by atoms with Crippen LogP contribution in [0.3, 0.4) is 0 Å². The molecule has 0 radical (unpaired) electrons. The Balaban J connectivity index is 2.40. The topological polar surface area (TPSA) is 18.5 Å². The molecule has 0 aromatic heterocycles. The Morgan fingerprint density at radius 1 is 1.29 bits per heavy atom. The number of ether oxygens (including phenoxy) is 2. The van der Waals surface area contributed by atoms with Gasteiger partial charge in [-0.2, -0.15) is 0 Å². The molecule has 0 spiro atoms. The van der Waals surface area contributed by atoms with Crippen LogP contribution in [0.1, 0.15) is 12.5 Å². The first-order chi connectivity index (χ1) is 6.72. The van der Waals surface area contributed by atoms with Gasteiger partial charge in [0.1, 0.15) is 5.75 Å². The lowest BCUT2D eigenvalue weighted by Crippen LogP contribution is -1.95. The Labute approximate surface area is 85.2 Å². The molecule has 0 heterocycles. The Morgan fingerprint density at radius 2 is 1.93 bits per heavy atom. The van der Waals surface area contributed by atoms with Crippen molar-refractivity contribution in [2.24, 2.45) is 0 Å². The van der Waals surface area contributed by atoms with E-state index in [1.54, 1.807) is 7.11 Å². The van der Waals surface area contributed by atoms with Crippen molar-refractivity contribution in [1.29, 1.82) is 0 Å². The van der Waals surface area contributed by atoms with Crippen LogP contribution >= 0.6 is 0 Å². The third-order valence-electron chi connectivity index (χ3n) is 1.78. The van der Waals surface area contributed by atoms with Gasteiger partial charge in [-0.3, -0.25) is 0 Å². The summed E-state index contributed by atoms with van der Waals surface area (Å²) < 4.78 is 10.5. The molecule has 0 amide bonds. The Hall–Kier alpha value is -1.28. The number of benzene rings is 1. The van der Waals surface area contributed by atoms with Crippen LogP contribution in [-0.2, 0) is 11.3 Å². The lowest BCUT2D eigenvalue weighted by atomic mass is 10.2. The molecule has 0 saturated carbocycles. The lowest BCUT2D eigenvalue weighted by Gasteiger charge is -2.04. The average Bonchev–Trinajstić information content (AvgIpc) is 2.18. The molecule has 2 heteroatoms. The smallest absolute Gasteiger partial charge is 0.118 e. The molecule has 1 aromatic rings. The zero-order valence-corrected chi connectivity index (χ0v) is 8.75. The van der Waals surface area contributed by atoms with Crippen LogP contribution < -0.4 is 4.74 Å². The summed E-state index contributed by atoms with van der Waals surface area (Å²) in [6, 6.07) is 7.85. The second-order valence-corrected chi connectivity index (χ2v) is 3.30. The first kappa shape index (κ1) is 10.8. The third kappa shape index (κ3) is 3.62. The van der Waals surface area contributed by atoms with Gasteiger partial charge in [0, 0.05) is 0 Å². The second-order valence-electron chi connectivity index (χ2n) is 3.30. The molecule has 0 fully saturated rings. The summed E-state index contributed by atoms with van der Waals surface area (Å²) in [5.41, 5.74) is 2.19. The summed E-state index contributed by atoms with van der Waals surface area (Å²) in [5.74, 6) is 0.869. The van der Waals surface area contributed by atoms with Crippen LogP contribution in [0, 0.1) is 0 Å². The molecule has 1 rings (SSSR count). The van der Waals surface area contributed by atoms with Crippen molar-refractivity contribution >= 4 is 0 Å². The van der Waals surface area contributed by atoms with Crippen molar-refractivity contribution < 1.29 is 9.47 Å². The van der Waals surface area contributed by atoms with Crippen LogP contribution in [0.4, 0.5) is 0 Å². The van der Waals surface area contributed by atoms with Gasteiger partial charge >= 0.3 is 0 Å². The molecule has 0 unspecified atom stereocenters. The Morgan fingerprint density at radius 3 is 2.43 bits per heavy atom. The number of hydrogen-bond donors (Lipinski definition) is 0. The predicted octanol–water partition coefficient (Wildman–Crippen LogP) is 2.79. The van der Waals surface area contributed by atoms with E-state index in [9.17, 15) is 0 Å². The van der Waals surface area contributed by atoms with E-state index in [2.05, 4.69) is 6.58 Å². The largest absolute Gasteiger partial charge is 0.497 e. The van der Waals surface area contributed by atoms with E-state index in [0.29, 0.717) is 13.2 Å². The van der Waals surface area contributed by atoms with Crippen LogP contribution in [0.2, 0.25) is 0 Å². The van der Waals surface area contributed by atoms with Crippen LogP contribution in [-0.4, -0.2) is 13.7 Å². The van der Waals surface area contributed by atoms with Crippen LogP contribution in [0.15, 0.2) is 36.4 Å². The van der Waals surface area contributed by atoms with Crippen molar-refractivity contribution in [3.8, 4) is 5.75 Å². The third-order valence-corrected chi connectivity index (χ3v) is 1.78. The molecule has 76 valence electrons. The summed E-state index contributed by atoms with van der Waals surface area (Å²) in [7, 11) is 1.66. The second kappa shape index (κ2) is 5.45. The molecule has 0 bridgehead atoms. The first-order valence-electron chi connectivity index (χ1n) is 4.57. The van der Waals surface area contributed by atoms with E-state index < -0.39 is 0 Å². The maximum absolute atomic E-state index is 5.41. The molecule has 14 heavy (non-hydrogen) atoms. The molecule has 1 aromatic carbocycles. The van der Waals surface area contributed by atoms with E-state index in [1.807, 2.05) is 31.2 Å². The fourth-order valence-corrected chi connectivity index (χ4v) is 1.06. The Bertz CT molecular complexity index is 288. The summed E-state index contributed by atoms with van der Waals surface area (Å²) in [4.78, 5) is 0. The van der Waals surface area contributed by atoms with Gasteiger partial charge in [-0.05, 0) is 24.6 Å². The van der Waals surface area contributed by atoms with Crippen molar-refractivity contribution in [2.75, 3.05) is 13.7 Å². The summed E-state index contributed by atoms with van der Waals surface area (Å²) in [6.07, 6.45) is 0. The highest BCUT2D eigenvalue weighted by Crippen LogP contribution is 2.11. The molecule has 2 nitrogen and oxygen atoms in total. The van der Waals surface area contributed by atoms with Crippen molar-refractivity contribution in [1.82, 2.24) is 0 Å². The standard InChI is InChI=1S/C12H16O2/c1-10(2)8-14-9-11-4-6-12(13-3)7-5-11/h4-7H,1,8-9H2,2-3H3. The molecule has 0 aliphatic heterocycles. The molecule has 0 N–H and O–H groups in total. The van der Waals surface area contributed by atoms with Gasteiger partial charge in [-0.1, -0.05) is 24.3 Å². The molecule has 0 saturated heterocycles. The molecule has 0 aliphatic rings. The first-order valence-corrected chi connectivity index (χ1v) is 4.57. The summed E-state index contributed by atoms with van der Waals surface area (Å²) in [6.45, 7) is 6.96. The normalized spacial score (nSPS) is 9.86. The highest BCUT2D eigenvalue weighted by molar-refractivity contribution is 5.26. The highest BCUT2D eigenvalue weighted by atomic mass is 16.5. The molecule has 0 atom stereocenters. The van der Waals surface area contributed by atoms with Crippen molar-refractivity contribution in [2.45, 2.75) is 13.5 Å². The van der Waals surface area contributed by atoms with Crippen molar-refractivity contribution in [3.05, 3.63) is 42.0 Å². The van der Waals surface area contributed by atoms with Gasteiger partial charge in [0.25, 0.3) is 0 Å². The van der Waals surface area contributed by atoms with Crippen molar-refractivity contribution in [3.63, 3.8) is 0 Å². The zero-order chi connectivity index (χ0) is 10.4. The quantitative estimate of drug-likeness (QED) is 0.668. The monoisotopic (exact) mass is 192 g/mol. The minimum Gasteiger partial charge on any atom is -0.497 e. The van der Waals surface area contributed by atoms with E-state index in [4.69, 9.17) is 9.47 Å². The average molecular weight is 192 g/mol. The fraction of sp³-hybridized carbons (Fsp3) is 0.333. The lowest BCUT2D eigenvalue weighted by molar-refractivity contribution is 0.143. The van der Waals surface area contributed by atoms with Gasteiger partial charge in [0.15, 0.2) is 0 Å². The van der Waals surface area contributed by atoms with Gasteiger partial charge in [-0.15, -0.1) is 0 Å². The minimum atomic E-state index is 0.617. The van der Waals surface area contributed by atoms with Gasteiger partial charge in [0.2, 0.25) is 0 Å². The molecule has 0 aliphatic carbocycles. The molecular weight excluding hydrogens is 176 g/mol. The van der Waals surface area contributed by atoms with E-state index >= 15 is 0 Å². The summed E-state index contributed by atoms with van der Waals surface area (Å²) in [5, 5.41) is 0. The fourth-order valence-electron chi connectivity index (χ4n) is 1.06. The van der Waals surface area contributed by atoms with Crippen LogP contribution in [0.5, 0.6) is 5.75 Å². The maximum atomic E-state index is 5.41. The van der Waals surface area contributed by atoms with E-state index in [1.165, 1.54) is 0 Å². The summed E-state index contributed by atoms with van der Waals surface area (Å²) >= 11 is 0. The number of hydrogen-bond acceptors (Lipinski definition) is 2. The number of rotatable bonds is 5. The van der Waals surface area contributed by atoms with Gasteiger partial charge < -0.3 is 9.47 Å². The predicted molar refractivity (Wildman–Crippen MR) is 57.5 cm³/mol. The highest BCUT2D eigenvalue weighted by Gasteiger charge is 1.94. The van der Waals surface area contributed by atoms with Gasteiger partial charge in [0.05, 0.1) is 20.3 Å². The maximum Gasteiger partial charge on any atom is 0.118 e. The SMILES string of the molecule is C=C(C)COCc1ccc(OC)cc1. The number of methoxy groups -OCH3 is 1. The Kier molecular flexibility index (Phi) is 4.20. The zero-order valence-electron chi connectivity index (χ0n) is 8.75. The minimum absolute atomic E-state index is 0.617. The van der Waals surface area contributed by atoms with Gasteiger partial charge in [-0.25, -0.2) is 0 Å². The van der Waals surface area contributed by atoms with E-state index in [-0.39, 0.29) is 0 Å². The van der Waals surface area contributed by atoms with E-state index in [0.717, 1.165) is 16.9 Å².